The number of amides is 1. The summed E-state index contributed by atoms with van der Waals surface area (Å²) in [7, 11) is 3.45. The van der Waals surface area contributed by atoms with Crippen LogP contribution in [0, 0.1) is 0 Å². The van der Waals surface area contributed by atoms with E-state index in [9.17, 15) is 4.79 Å². The number of methoxy groups -OCH3 is 1. The Balaban J connectivity index is 0.00000361. The number of rotatable bonds is 7. The highest BCUT2D eigenvalue weighted by molar-refractivity contribution is 6.32. The van der Waals surface area contributed by atoms with E-state index in [4.69, 9.17) is 16.3 Å². The van der Waals surface area contributed by atoms with Crippen molar-refractivity contribution in [1.82, 2.24) is 10.6 Å². The molecular formula is C14H22Cl2N2O2. The molecule has 0 saturated heterocycles. The van der Waals surface area contributed by atoms with Crippen LogP contribution in [0.3, 0.4) is 0 Å². The molecule has 0 aliphatic heterocycles. The molecule has 1 amide bonds. The second-order valence-electron chi connectivity index (χ2n) is 4.46. The zero-order chi connectivity index (χ0) is 14.3. The monoisotopic (exact) mass is 320 g/mol. The first-order valence-corrected chi connectivity index (χ1v) is 6.71. The molecule has 0 saturated carbocycles. The van der Waals surface area contributed by atoms with Crippen molar-refractivity contribution in [2.24, 2.45) is 0 Å². The van der Waals surface area contributed by atoms with Crippen molar-refractivity contribution in [3.05, 3.63) is 28.8 Å². The van der Waals surface area contributed by atoms with E-state index in [1.54, 1.807) is 7.11 Å². The summed E-state index contributed by atoms with van der Waals surface area (Å²) in [6.45, 7) is 2.65. The van der Waals surface area contributed by atoms with Crippen molar-refractivity contribution in [2.45, 2.75) is 25.8 Å². The maximum atomic E-state index is 11.6. The predicted molar refractivity (Wildman–Crippen MR) is 85.1 cm³/mol. The van der Waals surface area contributed by atoms with Gasteiger partial charge >= 0.3 is 0 Å². The minimum Gasteiger partial charge on any atom is -0.495 e. The van der Waals surface area contributed by atoms with Gasteiger partial charge in [-0.3, -0.25) is 4.79 Å². The number of aryl methyl sites for hydroxylation is 1. The first-order chi connectivity index (χ1) is 9.06. The maximum absolute atomic E-state index is 11.6. The van der Waals surface area contributed by atoms with E-state index in [2.05, 4.69) is 10.6 Å². The molecule has 1 aromatic rings. The standard InChI is InChI=1S/C14H21ClN2O2.ClH/c1-10(16-2)9-17-14(18)7-5-11-4-6-13(19-3)12(15)8-11;/h4,6,8,10,16H,5,7,9H2,1-3H3,(H,17,18);1H. The molecule has 1 aromatic carbocycles. The number of hydrogen-bond acceptors (Lipinski definition) is 3. The topological polar surface area (TPSA) is 50.4 Å². The van der Waals surface area contributed by atoms with Crippen LogP contribution in [0.4, 0.5) is 0 Å². The molecule has 1 atom stereocenters. The van der Waals surface area contributed by atoms with E-state index in [1.807, 2.05) is 32.2 Å². The number of carbonyl (C=O) groups is 1. The molecule has 114 valence electrons. The zero-order valence-corrected chi connectivity index (χ0v) is 13.6. The lowest BCUT2D eigenvalue weighted by Crippen LogP contribution is -2.37. The highest BCUT2D eigenvalue weighted by Gasteiger charge is 2.06. The van der Waals surface area contributed by atoms with Crippen molar-refractivity contribution < 1.29 is 9.53 Å². The largest absolute Gasteiger partial charge is 0.495 e. The number of halogens is 2. The summed E-state index contributed by atoms with van der Waals surface area (Å²) >= 11 is 6.03. The lowest BCUT2D eigenvalue weighted by Gasteiger charge is -2.11. The summed E-state index contributed by atoms with van der Waals surface area (Å²) in [6, 6.07) is 5.86. The molecule has 0 heterocycles. The number of ether oxygens (including phenoxy) is 1. The van der Waals surface area contributed by atoms with Gasteiger partial charge in [-0.05, 0) is 38.1 Å². The van der Waals surface area contributed by atoms with Gasteiger partial charge in [-0.25, -0.2) is 0 Å². The van der Waals surface area contributed by atoms with Crippen LogP contribution in [0.2, 0.25) is 5.02 Å². The summed E-state index contributed by atoms with van der Waals surface area (Å²) in [4.78, 5) is 11.6. The quantitative estimate of drug-likeness (QED) is 0.811. The highest BCUT2D eigenvalue weighted by Crippen LogP contribution is 2.25. The average molecular weight is 321 g/mol. The SMILES string of the molecule is CNC(C)CNC(=O)CCc1ccc(OC)c(Cl)c1.Cl. The molecule has 0 aliphatic rings. The van der Waals surface area contributed by atoms with E-state index >= 15 is 0 Å². The van der Waals surface area contributed by atoms with Crippen molar-refractivity contribution >= 4 is 29.9 Å². The summed E-state index contributed by atoms with van der Waals surface area (Å²) in [5.41, 5.74) is 1.03. The minimum absolute atomic E-state index is 0. The molecule has 0 aliphatic carbocycles. The second-order valence-corrected chi connectivity index (χ2v) is 4.87. The molecule has 0 spiro atoms. The first-order valence-electron chi connectivity index (χ1n) is 6.33. The van der Waals surface area contributed by atoms with Crippen molar-refractivity contribution in [2.75, 3.05) is 20.7 Å². The molecule has 4 nitrogen and oxygen atoms in total. The number of carbonyl (C=O) groups excluding carboxylic acids is 1. The lowest BCUT2D eigenvalue weighted by molar-refractivity contribution is -0.121. The zero-order valence-electron chi connectivity index (χ0n) is 12.0. The molecule has 0 aromatic heterocycles. The Hall–Kier alpha value is -0.970. The minimum atomic E-state index is 0. The Bertz CT molecular complexity index is 428. The van der Waals surface area contributed by atoms with E-state index in [0.717, 1.165) is 5.56 Å². The third-order valence-electron chi connectivity index (χ3n) is 2.96. The van der Waals surface area contributed by atoms with Gasteiger partial charge in [0.1, 0.15) is 5.75 Å². The van der Waals surface area contributed by atoms with Crippen LogP contribution in [-0.4, -0.2) is 32.7 Å². The number of hydrogen-bond donors (Lipinski definition) is 2. The van der Waals surface area contributed by atoms with Crippen LogP contribution >= 0.6 is 24.0 Å². The lowest BCUT2D eigenvalue weighted by atomic mass is 10.1. The third-order valence-corrected chi connectivity index (χ3v) is 3.25. The van der Waals surface area contributed by atoms with E-state index in [1.165, 1.54) is 0 Å². The highest BCUT2D eigenvalue weighted by atomic mass is 35.5. The van der Waals surface area contributed by atoms with Crippen molar-refractivity contribution in [3.8, 4) is 5.75 Å². The smallest absolute Gasteiger partial charge is 0.220 e. The predicted octanol–water partition coefficient (Wildman–Crippen LogP) is 2.43. The van der Waals surface area contributed by atoms with Crippen molar-refractivity contribution in [3.63, 3.8) is 0 Å². The Labute approximate surface area is 131 Å². The average Bonchev–Trinajstić information content (AvgIpc) is 2.42. The third kappa shape index (κ3) is 6.46. The van der Waals surface area contributed by atoms with E-state index in [-0.39, 0.29) is 24.4 Å². The van der Waals surface area contributed by atoms with Gasteiger partial charge in [0.25, 0.3) is 0 Å². The van der Waals surface area contributed by atoms with Crippen LogP contribution in [0.1, 0.15) is 18.9 Å². The van der Waals surface area contributed by atoms with Crippen LogP contribution < -0.4 is 15.4 Å². The van der Waals surface area contributed by atoms with E-state index < -0.39 is 0 Å². The van der Waals surface area contributed by atoms with Crippen molar-refractivity contribution in [1.29, 1.82) is 0 Å². The van der Waals surface area contributed by atoms with E-state index in [0.29, 0.717) is 30.2 Å². The molecule has 6 heteroatoms. The maximum Gasteiger partial charge on any atom is 0.220 e. The Morgan fingerprint density at radius 2 is 2.15 bits per heavy atom. The summed E-state index contributed by atoms with van der Waals surface area (Å²) in [5, 5.41) is 6.52. The fourth-order valence-electron chi connectivity index (χ4n) is 1.58. The Morgan fingerprint density at radius 3 is 2.70 bits per heavy atom. The molecule has 1 unspecified atom stereocenters. The molecular weight excluding hydrogens is 299 g/mol. The fraction of sp³-hybridized carbons (Fsp3) is 0.500. The molecule has 0 bridgehead atoms. The van der Waals surface area contributed by atoms with Gasteiger partial charge in [-0.15, -0.1) is 12.4 Å². The molecule has 0 radical (unpaired) electrons. The molecule has 20 heavy (non-hydrogen) atoms. The fourth-order valence-corrected chi connectivity index (χ4v) is 1.86. The van der Waals surface area contributed by atoms with Gasteiger partial charge in [0.2, 0.25) is 5.91 Å². The molecule has 2 N–H and O–H groups in total. The van der Waals surface area contributed by atoms with Gasteiger partial charge in [-0.2, -0.15) is 0 Å². The van der Waals surface area contributed by atoms with Crippen LogP contribution in [0.15, 0.2) is 18.2 Å². The summed E-state index contributed by atoms with van der Waals surface area (Å²) in [5.74, 6) is 0.701. The Morgan fingerprint density at radius 1 is 1.45 bits per heavy atom. The van der Waals surface area contributed by atoms with Gasteiger partial charge in [0, 0.05) is 19.0 Å². The van der Waals surface area contributed by atoms with Gasteiger partial charge < -0.3 is 15.4 Å². The van der Waals surface area contributed by atoms with Gasteiger partial charge in [0.15, 0.2) is 0 Å². The van der Waals surface area contributed by atoms with Gasteiger partial charge in [0.05, 0.1) is 12.1 Å². The van der Waals surface area contributed by atoms with Crippen LogP contribution in [-0.2, 0) is 11.2 Å². The number of likely N-dealkylation sites (N-methyl/N-ethyl adjacent to an activating group) is 1. The molecule has 1 rings (SSSR count). The summed E-state index contributed by atoms with van der Waals surface area (Å²) < 4.78 is 5.08. The van der Waals surface area contributed by atoms with Gasteiger partial charge in [-0.1, -0.05) is 17.7 Å². The first kappa shape index (κ1) is 19.0. The second kappa shape index (κ2) is 9.86. The molecule has 0 fully saturated rings. The normalized spacial score (nSPS) is 11.4. The van der Waals surface area contributed by atoms with Crippen LogP contribution in [0.25, 0.3) is 0 Å². The summed E-state index contributed by atoms with van der Waals surface area (Å²) in [6.07, 6.45) is 1.13. The number of nitrogens with one attached hydrogen (secondary N) is 2. The number of benzene rings is 1. The van der Waals surface area contributed by atoms with Crippen LogP contribution in [0.5, 0.6) is 5.75 Å². The Kier molecular flexibility index (Phi) is 9.38.